The molecule has 0 bridgehead atoms. The van der Waals surface area contributed by atoms with Crippen molar-refractivity contribution < 1.29 is 18.9 Å². The first kappa shape index (κ1) is 28.4. The number of hydrogen-bond donors (Lipinski definition) is 0. The lowest BCUT2D eigenvalue weighted by Gasteiger charge is -2.15. The van der Waals surface area contributed by atoms with Crippen LogP contribution in [0.2, 0.25) is 0 Å². The van der Waals surface area contributed by atoms with Crippen LogP contribution in [-0.2, 0) is 0 Å². The highest BCUT2D eigenvalue weighted by Crippen LogP contribution is 2.26. The summed E-state index contributed by atoms with van der Waals surface area (Å²) in [5, 5.41) is 0. The summed E-state index contributed by atoms with van der Waals surface area (Å²) in [5.74, 6) is 3.33. The smallest absolute Gasteiger partial charge is 0.230 e. The summed E-state index contributed by atoms with van der Waals surface area (Å²) < 4.78 is 23.4. The lowest BCUT2D eigenvalue weighted by atomic mass is 10.1. The second kappa shape index (κ2) is 16.6. The van der Waals surface area contributed by atoms with Crippen molar-refractivity contribution in [1.29, 1.82) is 0 Å². The van der Waals surface area contributed by atoms with E-state index in [1.165, 1.54) is 44.9 Å². The molecule has 0 amide bonds. The first-order chi connectivity index (χ1) is 18.2. The fourth-order valence-corrected chi connectivity index (χ4v) is 4.14. The minimum Gasteiger partial charge on any atom is -0.494 e. The Bertz CT molecular complexity index is 980. The van der Waals surface area contributed by atoms with E-state index < -0.39 is 0 Å². The Hall–Kier alpha value is -3.14. The van der Waals surface area contributed by atoms with Crippen LogP contribution in [0.15, 0.2) is 72.8 Å². The van der Waals surface area contributed by atoms with E-state index in [4.69, 9.17) is 18.9 Å². The number of unbranched alkanes of at least 4 members (excludes halogenated alkanes) is 6. The molecule has 37 heavy (non-hydrogen) atoms. The second-order valence-corrected chi connectivity index (χ2v) is 9.61. The van der Waals surface area contributed by atoms with Gasteiger partial charge in [-0.15, -0.1) is 0 Å². The average molecular weight is 505 g/mol. The Morgan fingerprint density at radius 2 is 0.973 bits per heavy atom. The Morgan fingerprint density at radius 1 is 0.514 bits per heavy atom. The van der Waals surface area contributed by atoms with Crippen LogP contribution in [0.5, 0.6) is 23.0 Å². The van der Waals surface area contributed by atoms with Crippen molar-refractivity contribution >= 4 is 0 Å². The highest BCUT2D eigenvalue weighted by Gasteiger charge is 2.05. The molecule has 3 aromatic carbocycles. The Labute approximate surface area is 223 Å². The van der Waals surface area contributed by atoms with Gasteiger partial charge in [0.15, 0.2) is 0 Å². The number of ether oxygens (including phenoxy) is 4. The molecule has 0 saturated heterocycles. The molecule has 0 N–H and O–H groups in total. The molecule has 200 valence electrons. The first-order valence-corrected chi connectivity index (χ1v) is 14.0. The predicted molar refractivity (Wildman–Crippen MR) is 153 cm³/mol. The van der Waals surface area contributed by atoms with Crippen molar-refractivity contribution in [2.24, 2.45) is 0 Å². The van der Waals surface area contributed by atoms with E-state index in [1.54, 1.807) is 0 Å². The maximum absolute atomic E-state index is 6.08. The summed E-state index contributed by atoms with van der Waals surface area (Å²) in [5.41, 5.74) is 2.29. The molecule has 3 rings (SSSR count). The number of rotatable bonds is 18. The fraction of sp³-hybridized carbons (Fsp3) is 0.455. The molecule has 0 aliphatic heterocycles. The number of hydrogen-bond acceptors (Lipinski definition) is 4. The molecule has 0 saturated carbocycles. The van der Waals surface area contributed by atoms with E-state index in [0.29, 0.717) is 0 Å². The minimum atomic E-state index is 0.152. The molecule has 1 atom stereocenters. The molecule has 4 heteroatoms. The maximum Gasteiger partial charge on any atom is 0.230 e. The maximum atomic E-state index is 6.08. The van der Waals surface area contributed by atoms with Gasteiger partial charge in [0.2, 0.25) is 6.79 Å². The van der Waals surface area contributed by atoms with E-state index in [9.17, 15) is 0 Å². The van der Waals surface area contributed by atoms with Gasteiger partial charge in [-0.2, -0.15) is 0 Å². The summed E-state index contributed by atoms with van der Waals surface area (Å²) in [6.45, 7) is 7.52. The summed E-state index contributed by atoms with van der Waals surface area (Å²) in [7, 11) is 0. The molecule has 0 spiro atoms. The van der Waals surface area contributed by atoms with Crippen molar-refractivity contribution in [2.45, 2.75) is 84.7 Å². The molecule has 0 fully saturated rings. The zero-order valence-corrected chi connectivity index (χ0v) is 22.9. The molecular formula is C33H44O4. The molecule has 1 unspecified atom stereocenters. The quantitative estimate of drug-likeness (QED) is 0.128. The standard InChI is InChI=1S/C33H44O4/c1-4-6-8-10-12-27(3)37-33-19-15-29(16-20-33)28-13-17-31(18-14-28)35-26-36-32-23-21-30(22-24-32)34-25-11-9-7-5-2/h13-24,27H,4-12,25-26H2,1-3H3. The third-order valence-electron chi connectivity index (χ3n) is 6.38. The molecule has 0 radical (unpaired) electrons. The van der Waals surface area contributed by atoms with Crippen LogP contribution in [0.25, 0.3) is 11.1 Å². The van der Waals surface area contributed by atoms with Gasteiger partial charge in [-0.25, -0.2) is 0 Å². The largest absolute Gasteiger partial charge is 0.494 e. The SMILES string of the molecule is CCCCCCOc1ccc(OCOc2ccc(-c3ccc(OC(C)CCCCCC)cc3)cc2)cc1. The van der Waals surface area contributed by atoms with Gasteiger partial charge in [0.25, 0.3) is 0 Å². The summed E-state index contributed by atoms with van der Waals surface area (Å²) in [6, 6.07) is 24.1. The van der Waals surface area contributed by atoms with E-state index in [-0.39, 0.29) is 12.9 Å². The molecule has 3 aromatic rings. The summed E-state index contributed by atoms with van der Waals surface area (Å²) in [4.78, 5) is 0. The summed E-state index contributed by atoms with van der Waals surface area (Å²) in [6.07, 6.45) is 11.2. The zero-order valence-electron chi connectivity index (χ0n) is 22.9. The van der Waals surface area contributed by atoms with Crippen molar-refractivity contribution in [1.82, 2.24) is 0 Å². The fourth-order valence-electron chi connectivity index (χ4n) is 4.14. The van der Waals surface area contributed by atoms with E-state index in [1.807, 2.05) is 36.4 Å². The highest BCUT2D eigenvalue weighted by molar-refractivity contribution is 5.64. The monoisotopic (exact) mass is 504 g/mol. The lowest BCUT2D eigenvalue weighted by molar-refractivity contribution is 0.120. The molecule has 0 aliphatic rings. The lowest BCUT2D eigenvalue weighted by Crippen LogP contribution is -2.11. The minimum absolute atomic E-state index is 0.152. The van der Waals surface area contributed by atoms with Gasteiger partial charge in [0, 0.05) is 0 Å². The second-order valence-electron chi connectivity index (χ2n) is 9.61. The first-order valence-electron chi connectivity index (χ1n) is 14.0. The third-order valence-corrected chi connectivity index (χ3v) is 6.38. The van der Waals surface area contributed by atoms with Crippen LogP contribution in [0.1, 0.15) is 78.6 Å². The van der Waals surface area contributed by atoms with Crippen LogP contribution >= 0.6 is 0 Å². The topological polar surface area (TPSA) is 36.9 Å². The van der Waals surface area contributed by atoms with Crippen LogP contribution in [0, 0.1) is 0 Å². The van der Waals surface area contributed by atoms with Gasteiger partial charge in [0.05, 0.1) is 12.7 Å². The van der Waals surface area contributed by atoms with Crippen LogP contribution in [-0.4, -0.2) is 19.5 Å². The van der Waals surface area contributed by atoms with Crippen molar-refractivity contribution in [3.8, 4) is 34.1 Å². The third kappa shape index (κ3) is 10.8. The molecular weight excluding hydrogens is 460 g/mol. The van der Waals surface area contributed by atoms with Crippen molar-refractivity contribution in [3.63, 3.8) is 0 Å². The average Bonchev–Trinajstić information content (AvgIpc) is 2.93. The normalized spacial score (nSPS) is 11.6. The van der Waals surface area contributed by atoms with Crippen LogP contribution in [0.4, 0.5) is 0 Å². The molecule has 4 nitrogen and oxygen atoms in total. The molecule has 0 heterocycles. The number of benzene rings is 3. The predicted octanol–water partition coefficient (Wildman–Crippen LogP) is 9.47. The summed E-state index contributed by atoms with van der Waals surface area (Å²) >= 11 is 0. The highest BCUT2D eigenvalue weighted by atomic mass is 16.7. The van der Waals surface area contributed by atoms with Gasteiger partial charge in [-0.3, -0.25) is 0 Å². The van der Waals surface area contributed by atoms with Crippen LogP contribution < -0.4 is 18.9 Å². The van der Waals surface area contributed by atoms with Gasteiger partial charge < -0.3 is 18.9 Å². The Kier molecular flexibility index (Phi) is 12.7. The van der Waals surface area contributed by atoms with Gasteiger partial charge in [0.1, 0.15) is 23.0 Å². The van der Waals surface area contributed by atoms with E-state index in [2.05, 4.69) is 57.2 Å². The van der Waals surface area contributed by atoms with Gasteiger partial charge in [-0.05, 0) is 85.8 Å². The van der Waals surface area contributed by atoms with E-state index >= 15 is 0 Å². The zero-order chi connectivity index (χ0) is 26.1. The Balaban J connectivity index is 1.38. The molecule has 0 aliphatic carbocycles. The van der Waals surface area contributed by atoms with Gasteiger partial charge in [-0.1, -0.05) is 76.6 Å². The Morgan fingerprint density at radius 3 is 1.51 bits per heavy atom. The van der Waals surface area contributed by atoms with Gasteiger partial charge >= 0.3 is 0 Å². The molecule has 0 aromatic heterocycles. The van der Waals surface area contributed by atoms with E-state index in [0.717, 1.165) is 53.6 Å². The van der Waals surface area contributed by atoms with Crippen molar-refractivity contribution in [3.05, 3.63) is 72.8 Å². The van der Waals surface area contributed by atoms with Crippen LogP contribution in [0.3, 0.4) is 0 Å². The van der Waals surface area contributed by atoms with Crippen molar-refractivity contribution in [2.75, 3.05) is 13.4 Å².